The van der Waals surface area contributed by atoms with Gasteiger partial charge in [-0.1, -0.05) is 158 Å². The summed E-state index contributed by atoms with van der Waals surface area (Å²) in [4.78, 5) is 10.5. The summed E-state index contributed by atoms with van der Waals surface area (Å²) in [5, 5.41) is 12.2. The molecular formula is C58H36N4. The highest BCUT2D eigenvalue weighted by atomic mass is 15.0. The fourth-order valence-electron chi connectivity index (χ4n) is 9.79. The maximum absolute atomic E-state index is 5.25. The highest BCUT2D eigenvalue weighted by molar-refractivity contribution is 6.25. The zero-order chi connectivity index (χ0) is 40.7. The maximum atomic E-state index is 5.25. The van der Waals surface area contributed by atoms with Crippen LogP contribution in [-0.2, 0) is 0 Å². The van der Waals surface area contributed by atoms with Gasteiger partial charge in [0.25, 0.3) is 0 Å². The summed E-state index contributed by atoms with van der Waals surface area (Å²) in [7, 11) is 0. The third-order valence-corrected chi connectivity index (χ3v) is 12.7. The molecule has 0 spiro atoms. The zero-order valence-electron chi connectivity index (χ0n) is 33.6. The van der Waals surface area contributed by atoms with Crippen molar-refractivity contribution in [1.29, 1.82) is 0 Å². The second-order valence-electron chi connectivity index (χ2n) is 16.2. The molecule has 4 nitrogen and oxygen atoms in total. The van der Waals surface area contributed by atoms with Gasteiger partial charge < -0.3 is 9.13 Å². The van der Waals surface area contributed by atoms with Crippen molar-refractivity contribution >= 4 is 75.9 Å². The van der Waals surface area contributed by atoms with E-state index in [2.05, 4.69) is 221 Å². The molecule has 0 bridgehead atoms. The van der Waals surface area contributed by atoms with Gasteiger partial charge in [0.05, 0.1) is 39.1 Å². The topological polar surface area (TPSA) is 35.6 Å². The Labute approximate surface area is 357 Å². The molecule has 288 valence electrons. The van der Waals surface area contributed by atoms with Crippen LogP contribution < -0.4 is 0 Å². The van der Waals surface area contributed by atoms with Crippen LogP contribution in [0.15, 0.2) is 218 Å². The largest absolute Gasteiger partial charge is 0.309 e. The number of para-hydroxylation sites is 2. The number of rotatable bonds is 5. The van der Waals surface area contributed by atoms with E-state index in [-0.39, 0.29) is 0 Å². The van der Waals surface area contributed by atoms with Gasteiger partial charge in [0.15, 0.2) is 5.82 Å². The molecule has 0 unspecified atom stereocenters. The summed E-state index contributed by atoms with van der Waals surface area (Å²) >= 11 is 0. The van der Waals surface area contributed by atoms with E-state index in [1.54, 1.807) is 0 Å². The molecule has 0 aliphatic heterocycles. The predicted octanol–water partition coefficient (Wildman–Crippen LogP) is 15.1. The van der Waals surface area contributed by atoms with E-state index in [4.69, 9.17) is 9.97 Å². The highest BCUT2D eigenvalue weighted by Gasteiger charge is 2.21. The lowest BCUT2D eigenvalue weighted by Gasteiger charge is -2.14. The standard InChI is InChI=1S/C58H36N4/c1-3-16-39(17-4-1)50-35-51(42-27-26-37-14-7-8-18-40(37)32-42)60-58(59-50)43-28-30-45-41(33-43)19-13-25-52(45)62-53-24-12-11-23-47(53)48-34-49-56(36-55(48)62)61(44-20-5-2-6-21-44)54-31-29-38-15-9-10-22-46(38)57(49)54/h1-36H. The van der Waals surface area contributed by atoms with Crippen LogP contribution in [0, 0.1) is 0 Å². The van der Waals surface area contributed by atoms with Crippen LogP contribution in [0.4, 0.5) is 0 Å². The molecule has 0 atom stereocenters. The average molecular weight is 789 g/mol. The van der Waals surface area contributed by atoms with Gasteiger partial charge in [-0.25, -0.2) is 9.97 Å². The summed E-state index contributed by atoms with van der Waals surface area (Å²) in [5.74, 6) is 0.697. The van der Waals surface area contributed by atoms with Crippen molar-refractivity contribution in [3.8, 4) is 45.3 Å². The monoisotopic (exact) mass is 788 g/mol. The molecule has 0 aliphatic carbocycles. The first-order valence-corrected chi connectivity index (χ1v) is 21.2. The Morgan fingerprint density at radius 2 is 0.935 bits per heavy atom. The Hall–Kier alpha value is -8.34. The first-order valence-electron chi connectivity index (χ1n) is 21.2. The maximum Gasteiger partial charge on any atom is 0.160 e. The number of hydrogen-bond donors (Lipinski definition) is 0. The Morgan fingerprint density at radius 1 is 0.290 bits per heavy atom. The molecule has 13 aromatic rings. The highest BCUT2D eigenvalue weighted by Crippen LogP contribution is 2.43. The number of aromatic nitrogens is 4. The number of fused-ring (bicyclic) bond motifs is 10. The van der Waals surface area contributed by atoms with Crippen molar-refractivity contribution in [3.05, 3.63) is 218 Å². The summed E-state index contributed by atoms with van der Waals surface area (Å²) in [6, 6.07) is 78.6. The van der Waals surface area contributed by atoms with Crippen molar-refractivity contribution in [2.75, 3.05) is 0 Å². The first kappa shape index (κ1) is 34.5. The van der Waals surface area contributed by atoms with Crippen LogP contribution >= 0.6 is 0 Å². The Bertz CT molecular complexity index is 3920. The molecule has 0 radical (unpaired) electrons. The quantitative estimate of drug-likeness (QED) is 0.174. The van der Waals surface area contributed by atoms with Gasteiger partial charge in [-0.05, 0) is 87.6 Å². The van der Waals surface area contributed by atoms with Gasteiger partial charge in [-0.2, -0.15) is 0 Å². The van der Waals surface area contributed by atoms with Crippen molar-refractivity contribution in [2.24, 2.45) is 0 Å². The van der Waals surface area contributed by atoms with E-state index in [9.17, 15) is 0 Å². The third kappa shape index (κ3) is 5.33. The SMILES string of the molecule is c1ccc(-c2cc(-c3ccc4ccccc4c3)nc(-c3ccc4c(-n5c6ccccc6c6cc7c8c9ccccc9ccc8n(-c8ccccc8)c7cc65)cccc4c3)n2)cc1. The summed E-state index contributed by atoms with van der Waals surface area (Å²) in [5.41, 5.74) is 11.9. The smallest absolute Gasteiger partial charge is 0.160 e. The minimum atomic E-state index is 0.697. The number of benzene rings is 10. The van der Waals surface area contributed by atoms with Crippen molar-refractivity contribution < 1.29 is 0 Å². The van der Waals surface area contributed by atoms with Crippen molar-refractivity contribution in [3.63, 3.8) is 0 Å². The lowest BCUT2D eigenvalue weighted by atomic mass is 10.0. The van der Waals surface area contributed by atoms with E-state index >= 15 is 0 Å². The molecule has 0 fully saturated rings. The second kappa shape index (κ2) is 13.6. The van der Waals surface area contributed by atoms with Gasteiger partial charge in [0.2, 0.25) is 0 Å². The van der Waals surface area contributed by atoms with Crippen LogP contribution in [0.25, 0.3) is 121 Å². The van der Waals surface area contributed by atoms with Crippen LogP contribution in [0.5, 0.6) is 0 Å². The third-order valence-electron chi connectivity index (χ3n) is 12.7. The normalized spacial score (nSPS) is 11.9. The molecule has 0 N–H and O–H groups in total. The molecule has 3 aromatic heterocycles. The van der Waals surface area contributed by atoms with Gasteiger partial charge >= 0.3 is 0 Å². The van der Waals surface area contributed by atoms with Crippen molar-refractivity contribution in [1.82, 2.24) is 19.1 Å². The van der Waals surface area contributed by atoms with Gasteiger partial charge in [0, 0.05) is 49.3 Å². The second-order valence-corrected chi connectivity index (χ2v) is 16.2. The zero-order valence-corrected chi connectivity index (χ0v) is 33.6. The number of hydrogen-bond acceptors (Lipinski definition) is 2. The fourth-order valence-corrected chi connectivity index (χ4v) is 9.79. The predicted molar refractivity (Wildman–Crippen MR) is 260 cm³/mol. The van der Waals surface area contributed by atoms with Crippen molar-refractivity contribution in [2.45, 2.75) is 0 Å². The molecule has 10 aromatic carbocycles. The fraction of sp³-hybridized carbons (Fsp3) is 0. The van der Waals surface area contributed by atoms with E-state index in [1.807, 2.05) is 6.07 Å². The Balaban J connectivity index is 1.03. The molecule has 13 rings (SSSR count). The number of nitrogens with zero attached hydrogens (tertiary/aromatic N) is 4. The van der Waals surface area contributed by atoms with Crippen LogP contribution in [0.2, 0.25) is 0 Å². The lowest BCUT2D eigenvalue weighted by Crippen LogP contribution is -1.98. The first-order chi connectivity index (χ1) is 30.7. The van der Waals surface area contributed by atoms with E-state index in [0.717, 1.165) is 50.2 Å². The molecule has 0 aliphatic rings. The van der Waals surface area contributed by atoms with E-state index in [1.165, 1.54) is 65.2 Å². The molecule has 0 saturated heterocycles. The van der Waals surface area contributed by atoms with Gasteiger partial charge in [-0.3, -0.25) is 0 Å². The molecule has 3 heterocycles. The molecule has 0 amide bonds. The Kier molecular flexibility index (Phi) is 7.57. The van der Waals surface area contributed by atoms with Gasteiger partial charge in [-0.15, -0.1) is 0 Å². The summed E-state index contributed by atoms with van der Waals surface area (Å²) < 4.78 is 4.89. The molecular weight excluding hydrogens is 753 g/mol. The molecule has 62 heavy (non-hydrogen) atoms. The Morgan fingerprint density at radius 3 is 1.79 bits per heavy atom. The summed E-state index contributed by atoms with van der Waals surface area (Å²) in [6.07, 6.45) is 0. The lowest BCUT2D eigenvalue weighted by molar-refractivity contribution is 1.17. The minimum absolute atomic E-state index is 0.697. The van der Waals surface area contributed by atoms with Crippen LogP contribution in [0.1, 0.15) is 0 Å². The summed E-state index contributed by atoms with van der Waals surface area (Å²) in [6.45, 7) is 0. The minimum Gasteiger partial charge on any atom is -0.309 e. The average Bonchev–Trinajstić information content (AvgIpc) is 3.85. The van der Waals surface area contributed by atoms with E-state index in [0.29, 0.717) is 5.82 Å². The van der Waals surface area contributed by atoms with Crippen LogP contribution in [0.3, 0.4) is 0 Å². The molecule has 4 heteroatoms. The van der Waals surface area contributed by atoms with Gasteiger partial charge in [0.1, 0.15) is 0 Å². The molecule has 0 saturated carbocycles. The van der Waals surface area contributed by atoms with E-state index < -0.39 is 0 Å². The van der Waals surface area contributed by atoms with Crippen LogP contribution in [-0.4, -0.2) is 19.1 Å².